The highest BCUT2D eigenvalue weighted by molar-refractivity contribution is 7.09. The predicted molar refractivity (Wildman–Crippen MR) is 85.7 cm³/mol. The molecule has 0 aliphatic rings. The van der Waals surface area contributed by atoms with Gasteiger partial charge in [-0.15, -0.1) is 11.3 Å². The van der Waals surface area contributed by atoms with Gasteiger partial charge >= 0.3 is 0 Å². The highest BCUT2D eigenvalue weighted by Gasteiger charge is 2.21. The summed E-state index contributed by atoms with van der Waals surface area (Å²) >= 11 is 7.49. The van der Waals surface area contributed by atoms with Crippen molar-refractivity contribution < 1.29 is 5.11 Å². The van der Waals surface area contributed by atoms with Crippen molar-refractivity contribution in [2.75, 3.05) is 11.9 Å². The zero-order valence-corrected chi connectivity index (χ0v) is 13.4. The van der Waals surface area contributed by atoms with E-state index in [1.54, 1.807) is 11.3 Å². The summed E-state index contributed by atoms with van der Waals surface area (Å²) in [6.07, 6.45) is 0. The number of rotatable bonds is 4. The van der Waals surface area contributed by atoms with Crippen LogP contribution < -0.4 is 5.32 Å². The van der Waals surface area contributed by atoms with E-state index in [1.165, 1.54) is 0 Å². The van der Waals surface area contributed by atoms with E-state index >= 15 is 0 Å². The first-order chi connectivity index (χ1) is 9.40. The number of nitrogens with zero attached hydrogens (tertiary/aromatic N) is 1. The topological polar surface area (TPSA) is 45.2 Å². The van der Waals surface area contributed by atoms with Crippen LogP contribution in [0.2, 0.25) is 5.02 Å². The largest absolute Gasteiger partial charge is 0.394 e. The Hall–Kier alpha value is -1.10. The van der Waals surface area contributed by atoms with E-state index in [0.29, 0.717) is 5.02 Å². The van der Waals surface area contributed by atoms with E-state index in [-0.39, 0.29) is 18.1 Å². The lowest BCUT2D eigenvalue weighted by molar-refractivity contribution is 0.274. The molecule has 108 valence electrons. The van der Waals surface area contributed by atoms with Crippen LogP contribution in [0.1, 0.15) is 37.5 Å². The molecule has 0 bridgehead atoms. The minimum atomic E-state index is -0.205. The first-order valence-electron chi connectivity index (χ1n) is 6.49. The van der Waals surface area contributed by atoms with Crippen molar-refractivity contribution in [2.45, 2.75) is 32.2 Å². The van der Waals surface area contributed by atoms with Crippen LogP contribution in [0.5, 0.6) is 0 Å². The number of aliphatic hydroxyl groups excluding tert-OH is 1. The molecule has 1 atom stereocenters. The van der Waals surface area contributed by atoms with Crippen LogP contribution in [0.15, 0.2) is 29.6 Å². The van der Waals surface area contributed by atoms with E-state index in [0.717, 1.165) is 16.4 Å². The van der Waals surface area contributed by atoms with Crippen molar-refractivity contribution >= 4 is 28.6 Å². The van der Waals surface area contributed by atoms with Gasteiger partial charge in [0.25, 0.3) is 0 Å². The van der Waals surface area contributed by atoms with E-state index in [4.69, 9.17) is 11.6 Å². The molecule has 1 aromatic carbocycles. The van der Waals surface area contributed by atoms with Gasteiger partial charge in [0.2, 0.25) is 0 Å². The minimum absolute atomic E-state index is 0.00403. The lowest BCUT2D eigenvalue weighted by atomic mass is 9.98. The van der Waals surface area contributed by atoms with Gasteiger partial charge in [0, 0.05) is 21.5 Å². The second kappa shape index (κ2) is 6.12. The standard InChI is InChI=1S/C15H19ClN2OS/c1-15(2,3)14-18-13(9-20-14)12(8-19)17-11-6-4-10(16)5-7-11/h4-7,9,12,17,19H,8H2,1-3H3. The molecule has 5 heteroatoms. The summed E-state index contributed by atoms with van der Waals surface area (Å²) in [6.45, 7) is 6.40. The first kappa shape index (κ1) is 15.3. The van der Waals surface area contributed by atoms with Crippen LogP contribution in [0.3, 0.4) is 0 Å². The van der Waals surface area contributed by atoms with Crippen molar-refractivity contribution in [3.63, 3.8) is 0 Å². The molecular formula is C15H19ClN2OS. The Bertz CT molecular complexity index is 560. The number of anilines is 1. The number of aliphatic hydroxyl groups is 1. The fraction of sp³-hybridized carbons (Fsp3) is 0.400. The maximum atomic E-state index is 9.58. The Kier molecular flexibility index (Phi) is 4.68. The van der Waals surface area contributed by atoms with E-state index in [2.05, 4.69) is 31.1 Å². The molecule has 20 heavy (non-hydrogen) atoms. The van der Waals surface area contributed by atoms with E-state index < -0.39 is 0 Å². The summed E-state index contributed by atoms with van der Waals surface area (Å²) in [5.41, 5.74) is 1.82. The van der Waals surface area contributed by atoms with Crippen LogP contribution in [0, 0.1) is 0 Å². The van der Waals surface area contributed by atoms with Gasteiger partial charge in [0.15, 0.2) is 0 Å². The van der Waals surface area contributed by atoms with Crippen LogP contribution in [-0.4, -0.2) is 16.7 Å². The molecule has 0 radical (unpaired) electrons. The average molecular weight is 311 g/mol. The second-order valence-corrected chi connectivity index (χ2v) is 7.01. The minimum Gasteiger partial charge on any atom is -0.394 e. The molecular weight excluding hydrogens is 292 g/mol. The molecule has 1 unspecified atom stereocenters. The van der Waals surface area contributed by atoms with Crippen molar-refractivity contribution in [1.29, 1.82) is 0 Å². The Morgan fingerprint density at radius 1 is 1.30 bits per heavy atom. The number of nitrogens with one attached hydrogen (secondary N) is 1. The first-order valence-corrected chi connectivity index (χ1v) is 7.75. The quantitative estimate of drug-likeness (QED) is 0.888. The molecule has 3 nitrogen and oxygen atoms in total. The Labute approximate surface area is 128 Å². The number of hydrogen-bond acceptors (Lipinski definition) is 4. The maximum Gasteiger partial charge on any atom is 0.0982 e. The summed E-state index contributed by atoms with van der Waals surface area (Å²) in [4.78, 5) is 4.64. The van der Waals surface area contributed by atoms with Crippen molar-refractivity contribution in [3.05, 3.63) is 45.4 Å². The lowest BCUT2D eigenvalue weighted by Crippen LogP contribution is -2.16. The number of hydrogen-bond donors (Lipinski definition) is 2. The lowest BCUT2D eigenvalue weighted by Gasteiger charge is -2.17. The van der Waals surface area contributed by atoms with Gasteiger partial charge in [0.05, 0.1) is 23.4 Å². The van der Waals surface area contributed by atoms with Gasteiger partial charge in [-0.25, -0.2) is 4.98 Å². The van der Waals surface area contributed by atoms with Crippen LogP contribution in [-0.2, 0) is 5.41 Å². The Balaban J connectivity index is 2.16. The van der Waals surface area contributed by atoms with Crippen molar-refractivity contribution in [1.82, 2.24) is 4.98 Å². The molecule has 1 aromatic heterocycles. The van der Waals surface area contributed by atoms with Crippen molar-refractivity contribution in [3.8, 4) is 0 Å². The number of benzene rings is 1. The SMILES string of the molecule is CC(C)(C)c1nc(C(CO)Nc2ccc(Cl)cc2)cs1. The molecule has 0 amide bonds. The molecule has 1 heterocycles. The third-order valence-corrected chi connectivity index (χ3v) is 4.43. The third-order valence-electron chi connectivity index (χ3n) is 2.89. The highest BCUT2D eigenvalue weighted by atomic mass is 35.5. The Morgan fingerprint density at radius 2 is 1.95 bits per heavy atom. The van der Waals surface area contributed by atoms with Gasteiger partial charge in [-0.2, -0.15) is 0 Å². The number of thiazole rings is 1. The van der Waals surface area contributed by atoms with Crippen molar-refractivity contribution in [2.24, 2.45) is 0 Å². The van der Waals surface area contributed by atoms with Gasteiger partial charge in [-0.3, -0.25) is 0 Å². The van der Waals surface area contributed by atoms with Crippen LogP contribution >= 0.6 is 22.9 Å². The number of aromatic nitrogens is 1. The summed E-state index contributed by atoms with van der Waals surface area (Å²) in [7, 11) is 0. The second-order valence-electron chi connectivity index (χ2n) is 5.71. The number of halogens is 1. The predicted octanol–water partition coefficient (Wildman–Crippen LogP) is 4.24. The van der Waals surface area contributed by atoms with E-state index in [9.17, 15) is 5.11 Å². The van der Waals surface area contributed by atoms with Gasteiger partial charge in [-0.1, -0.05) is 32.4 Å². The van der Waals surface area contributed by atoms with E-state index in [1.807, 2.05) is 29.6 Å². The molecule has 2 aromatic rings. The molecule has 0 fully saturated rings. The summed E-state index contributed by atoms with van der Waals surface area (Å²) < 4.78 is 0. The fourth-order valence-electron chi connectivity index (χ4n) is 1.75. The summed E-state index contributed by atoms with van der Waals surface area (Å²) in [6, 6.07) is 7.22. The normalized spacial score (nSPS) is 13.2. The molecule has 0 aliphatic carbocycles. The molecule has 0 saturated heterocycles. The smallest absolute Gasteiger partial charge is 0.0982 e. The molecule has 2 rings (SSSR count). The van der Waals surface area contributed by atoms with Gasteiger partial charge in [-0.05, 0) is 24.3 Å². The Morgan fingerprint density at radius 3 is 2.45 bits per heavy atom. The van der Waals surface area contributed by atoms with Gasteiger partial charge < -0.3 is 10.4 Å². The highest BCUT2D eigenvalue weighted by Crippen LogP contribution is 2.29. The fourth-order valence-corrected chi connectivity index (χ4v) is 2.84. The molecule has 2 N–H and O–H groups in total. The molecule has 0 spiro atoms. The zero-order chi connectivity index (χ0) is 14.8. The maximum absolute atomic E-state index is 9.58. The van der Waals surface area contributed by atoms with Crippen LogP contribution in [0.4, 0.5) is 5.69 Å². The van der Waals surface area contributed by atoms with Gasteiger partial charge in [0.1, 0.15) is 0 Å². The zero-order valence-electron chi connectivity index (χ0n) is 11.9. The third kappa shape index (κ3) is 3.72. The van der Waals surface area contributed by atoms with Crippen LogP contribution in [0.25, 0.3) is 0 Å². The average Bonchev–Trinajstić information content (AvgIpc) is 2.87. The monoisotopic (exact) mass is 310 g/mol. The summed E-state index contributed by atoms with van der Waals surface area (Å²) in [5, 5.41) is 16.6. The molecule has 0 aliphatic heterocycles. The summed E-state index contributed by atoms with van der Waals surface area (Å²) in [5.74, 6) is 0. The molecule has 0 saturated carbocycles.